The summed E-state index contributed by atoms with van der Waals surface area (Å²) in [5.41, 5.74) is 0. The van der Waals surface area contributed by atoms with E-state index < -0.39 is 37.3 Å². The normalized spacial score (nSPS) is 17.6. The highest BCUT2D eigenvalue weighted by atomic mass is 16.5. The van der Waals surface area contributed by atoms with Gasteiger partial charge in [-0.25, -0.2) is 0 Å². The highest BCUT2D eigenvalue weighted by Crippen LogP contribution is 2.04. The predicted molar refractivity (Wildman–Crippen MR) is 41.7 cm³/mol. The van der Waals surface area contributed by atoms with Gasteiger partial charge in [0.25, 0.3) is 0 Å². The number of aliphatic hydroxyl groups is 4. The fourth-order valence-corrected chi connectivity index (χ4v) is 0.739. The monoisotopic (exact) mass is 194 g/mol. The highest BCUT2D eigenvalue weighted by molar-refractivity contribution is 5.69. The Labute approximate surface area is 75.4 Å². The number of ether oxygens (including phenoxy) is 1. The zero-order chi connectivity index (χ0) is 10.4. The predicted octanol–water partition coefficient (Wildman–Crippen LogP) is -2.38. The van der Waals surface area contributed by atoms with Gasteiger partial charge in [-0.05, 0) is 0 Å². The summed E-state index contributed by atoms with van der Waals surface area (Å²) in [5.74, 6) is -0.698. The summed E-state index contributed by atoms with van der Waals surface area (Å²) in [7, 11) is 1.14. The summed E-state index contributed by atoms with van der Waals surface area (Å²) in [4.78, 5) is 10.6. The largest absolute Gasteiger partial charge is 0.469 e. The Bertz CT molecular complexity index is 159. The molecule has 0 fully saturated rings. The number of rotatable bonds is 5. The van der Waals surface area contributed by atoms with Gasteiger partial charge in [-0.2, -0.15) is 0 Å². The van der Waals surface area contributed by atoms with Crippen LogP contribution < -0.4 is 0 Å². The number of hydrogen-bond acceptors (Lipinski definition) is 6. The highest BCUT2D eigenvalue weighted by Gasteiger charge is 2.26. The van der Waals surface area contributed by atoms with E-state index >= 15 is 0 Å². The van der Waals surface area contributed by atoms with Gasteiger partial charge < -0.3 is 25.2 Å². The third-order valence-electron chi connectivity index (χ3n) is 1.58. The van der Waals surface area contributed by atoms with Crippen LogP contribution in [-0.2, 0) is 9.53 Å². The topological polar surface area (TPSA) is 107 Å². The Morgan fingerprint density at radius 3 is 2.23 bits per heavy atom. The Morgan fingerprint density at radius 1 is 1.31 bits per heavy atom. The molecular formula is C7H14O6. The van der Waals surface area contributed by atoms with Crippen LogP contribution in [0.5, 0.6) is 0 Å². The minimum atomic E-state index is -1.55. The third-order valence-corrected chi connectivity index (χ3v) is 1.58. The molecule has 0 amide bonds. The molecule has 13 heavy (non-hydrogen) atoms. The lowest BCUT2D eigenvalue weighted by Crippen LogP contribution is -2.40. The second-order valence-corrected chi connectivity index (χ2v) is 2.59. The average Bonchev–Trinajstić information content (AvgIpc) is 2.14. The Balaban J connectivity index is 3.95. The lowest BCUT2D eigenvalue weighted by molar-refractivity contribution is -0.147. The van der Waals surface area contributed by atoms with Crippen molar-refractivity contribution >= 4 is 5.97 Å². The van der Waals surface area contributed by atoms with Crippen LogP contribution in [0.15, 0.2) is 0 Å². The van der Waals surface area contributed by atoms with Crippen molar-refractivity contribution in [2.75, 3.05) is 13.7 Å². The lowest BCUT2D eigenvalue weighted by atomic mass is 10.1. The molecule has 6 nitrogen and oxygen atoms in total. The van der Waals surface area contributed by atoms with Gasteiger partial charge in [-0.1, -0.05) is 0 Å². The first-order chi connectivity index (χ1) is 6.02. The smallest absolute Gasteiger partial charge is 0.308 e. The molecule has 4 N–H and O–H groups in total. The number of esters is 1. The molecule has 0 saturated carbocycles. The molecule has 0 saturated heterocycles. The molecule has 0 bridgehead atoms. The van der Waals surface area contributed by atoms with Gasteiger partial charge in [0.15, 0.2) is 0 Å². The number of carbonyl (C=O) groups is 1. The van der Waals surface area contributed by atoms with Gasteiger partial charge in [0, 0.05) is 0 Å². The van der Waals surface area contributed by atoms with E-state index in [0.29, 0.717) is 0 Å². The van der Waals surface area contributed by atoms with E-state index in [4.69, 9.17) is 20.4 Å². The molecule has 0 rings (SSSR count). The quantitative estimate of drug-likeness (QED) is 0.364. The van der Waals surface area contributed by atoms with Crippen LogP contribution in [-0.4, -0.2) is 58.4 Å². The molecule has 0 radical (unpaired) electrons. The van der Waals surface area contributed by atoms with Crippen molar-refractivity contribution < 1.29 is 30.0 Å². The van der Waals surface area contributed by atoms with E-state index in [-0.39, 0.29) is 0 Å². The van der Waals surface area contributed by atoms with Crippen molar-refractivity contribution in [2.45, 2.75) is 24.7 Å². The van der Waals surface area contributed by atoms with E-state index in [2.05, 4.69) is 4.74 Å². The first-order valence-corrected chi connectivity index (χ1v) is 3.74. The summed E-state index contributed by atoms with van der Waals surface area (Å²) >= 11 is 0. The van der Waals surface area contributed by atoms with E-state index in [1.807, 2.05) is 0 Å². The average molecular weight is 194 g/mol. The van der Waals surface area contributed by atoms with Crippen LogP contribution >= 0.6 is 0 Å². The SMILES string of the molecule is COC(=O)C[C@H](O)[C@H](O)[C@H](O)CO. The van der Waals surface area contributed by atoms with Gasteiger partial charge in [-0.3, -0.25) is 4.79 Å². The summed E-state index contributed by atoms with van der Waals surface area (Å²) in [6.07, 6.45) is -4.87. The van der Waals surface area contributed by atoms with Crippen molar-refractivity contribution in [2.24, 2.45) is 0 Å². The molecule has 3 atom stereocenters. The first-order valence-electron chi connectivity index (χ1n) is 3.74. The molecule has 0 aliphatic heterocycles. The van der Waals surface area contributed by atoms with Crippen LogP contribution in [0.25, 0.3) is 0 Å². The minimum Gasteiger partial charge on any atom is -0.469 e. The molecule has 0 aromatic rings. The number of hydrogen-bond donors (Lipinski definition) is 4. The van der Waals surface area contributed by atoms with Gasteiger partial charge in [0.05, 0.1) is 26.2 Å². The van der Waals surface area contributed by atoms with E-state index in [1.54, 1.807) is 0 Å². The maximum Gasteiger partial charge on any atom is 0.308 e. The van der Waals surface area contributed by atoms with Gasteiger partial charge in [0.1, 0.15) is 12.2 Å². The fourth-order valence-electron chi connectivity index (χ4n) is 0.739. The summed E-state index contributed by atoms with van der Waals surface area (Å²) in [6.45, 7) is -0.681. The van der Waals surface area contributed by atoms with E-state index in [1.165, 1.54) is 0 Å². The standard InChI is InChI=1S/C7H14O6/c1-13-6(11)2-4(9)7(12)5(10)3-8/h4-5,7-10,12H,2-3H2,1H3/t4-,5+,7-/m0/s1. The van der Waals surface area contributed by atoms with Gasteiger partial charge >= 0.3 is 5.97 Å². The molecule has 0 spiro atoms. The van der Waals surface area contributed by atoms with E-state index in [9.17, 15) is 4.79 Å². The third kappa shape index (κ3) is 4.18. The van der Waals surface area contributed by atoms with Crippen LogP contribution in [0, 0.1) is 0 Å². The molecule has 6 heteroatoms. The first kappa shape index (κ1) is 12.3. The van der Waals surface area contributed by atoms with Crippen LogP contribution in [0.1, 0.15) is 6.42 Å². The van der Waals surface area contributed by atoms with Crippen molar-refractivity contribution in [3.63, 3.8) is 0 Å². The van der Waals surface area contributed by atoms with Crippen molar-refractivity contribution in [3.8, 4) is 0 Å². The molecule has 0 unspecified atom stereocenters. The van der Waals surface area contributed by atoms with Crippen LogP contribution in [0.4, 0.5) is 0 Å². The van der Waals surface area contributed by atoms with Gasteiger partial charge in [0.2, 0.25) is 0 Å². The maximum atomic E-state index is 10.6. The summed E-state index contributed by atoms with van der Waals surface area (Å²) in [5, 5.41) is 35.4. The lowest BCUT2D eigenvalue weighted by Gasteiger charge is -2.20. The maximum absolute atomic E-state index is 10.6. The number of carbonyl (C=O) groups excluding carboxylic acids is 1. The Kier molecular flexibility index (Phi) is 5.56. The van der Waals surface area contributed by atoms with Crippen molar-refractivity contribution in [1.29, 1.82) is 0 Å². The molecule has 0 aliphatic carbocycles. The fraction of sp³-hybridized carbons (Fsp3) is 0.857. The summed E-state index contributed by atoms with van der Waals surface area (Å²) < 4.78 is 4.23. The zero-order valence-corrected chi connectivity index (χ0v) is 7.25. The molecule has 0 aromatic carbocycles. The van der Waals surface area contributed by atoms with Crippen LogP contribution in [0.3, 0.4) is 0 Å². The van der Waals surface area contributed by atoms with E-state index in [0.717, 1.165) is 7.11 Å². The molecule has 0 aromatic heterocycles. The second kappa shape index (κ2) is 5.87. The molecule has 0 aliphatic rings. The number of aliphatic hydroxyl groups excluding tert-OH is 4. The van der Waals surface area contributed by atoms with Crippen LogP contribution in [0.2, 0.25) is 0 Å². The number of methoxy groups -OCH3 is 1. The Hall–Kier alpha value is -0.690. The molecule has 78 valence electrons. The summed E-state index contributed by atoms with van der Waals surface area (Å²) in [6, 6.07) is 0. The van der Waals surface area contributed by atoms with Gasteiger partial charge in [-0.15, -0.1) is 0 Å². The molecule has 0 heterocycles. The van der Waals surface area contributed by atoms with Crippen molar-refractivity contribution in [3.05, 3.63) is 0 Å². The Morgan fingerprint density at radius 2 is 1.85 bits per heavy atom. The van der Waals surface area contributed by atoms with Crippen molar-refractivity contribution in [1.82, 2.24) is 0 Å². The zero-order valence-electron chi connectivity index (χ0n) is 7.25. The minimum absolute atomic E-state index is 0.422. The second-order valence-electron chi connectivity index (χ2n) is 2.59. The molecular weight excluding hydrogens is 180 g/mol.